The molecule has 2 N–H and O–H groups in total. The van der Waals surface area contributed by atoms with Gasteiger partial charge in [0.25, 0.3) is 0 Å². The summed E-state index contributed by atoms with van der Waals surface area (Å²) in [5.41, 5.74) is 1.10. The van der Waals surface area contributed by atoms with Gasteiger partial charge in [-0.05, 0) is 12.0 Å². The van der Waals surface area contributed by atoms with Crippen LogP contribution < -0.4 is 5.32 Å². The fraction of sp³-hybridized carbons (Fsp3) is 0.571. The Bertz CT molecular complexity index is 114. The molecule has 0 radical (unpaired) electrons. The molecular formula is C7H14N2. The van der Waals surface area contributed by atoms with Gasteiger partial charge in [-0.25, -0.2) is 0 Å². The average molecular weight is 126 g/mol. The summed E-state index contributed by atoms with van der Waals surface area (Å²) in [5.74, 6) is 0.483. The van der Waals surface area contributed by atoms with Gasteiger partial charge in [0.05, 0.1) is 0 Å². The lowest BCUT2D eigenvalue weighted by Gasteiger charge is -2.08. The van der Waals surface area contributed by atoms with E-state index in [1.54, 1.807) is 6.08 Å². The van der Waals surface area contributed by atoms with Gasteiger partial charge in [0.1, 0.15) is 0 Å². The molecule has 0 aromatic rings. The van der Waals surface area contributed by atoms with E-state index < -0.39 is 0 Å². The van der Waals surface area contributed by atoms with Gasteiger partial charge in [-0.15, -0.1) is 0 Å². The van der Waals surface area contributed by atoms with Crippen molar-refractivity contribution in [3.05, 3.63) is 11.8 Å². The SMILES string of the molecule is CN/C(=C\C=N)C(C)C. The number of rotatable bonds is 3. The van der Waals surface area contributed by atoms with E-state index in [-0.39, 0.29) is 0 Å². The highest BCUT2D eigenvalue weighted by Gasteiger charge is 1.96. The molecule has 0 spiro atoms. The predicted octanol–water partition coefficient (Wildman–Crippen LogP) is 1.40. The number of nitrogens with one attached hydrogen (secondary N) is 2. The van der Waals surface area contributed by atoms with Crippen LogP contribution >= 0.6 is 0 Å². The van der Waals surface area contributed by atoms with Crippen molar-refractivity contribution in [1.29, 1.82) is 5.41 Å². The summed E-state index contributed by atoms with van der Waals surface area (Å²) < 4.78 is 0. The Hall–Kier alpha value is -0.790. The molecule has 0 aromatic carbocycles. The normalized spacial score (nSPS) is 11.8. The molecule has 2 heteroatoms. The Labute approximate surface area is 56.5 Å². The van der Waals surface area contributed by atoms with Crippen LogP contribution in [0.1, 0.15) is 13.8 Å². The Morgan fingerprint density at radius 2 is 2.11 bits per heavy atom. The largest absolute Gasteiger partial charge is 0.391 e. The summed E-state index contributed by atoms with van der Waals surface area (Å²) in [5, 5.41) is 9.80. The van der Waals surface area contributed by atoms with Gasteiger partial charge < -0.3 is 10.7 Å². The first-order valence-corrected chi connectivity index (χ1v) is 3.10. The van der Waals surface area contributed by atoms with Crippen LogP contribution in [-0.2, 0) is 0 Å². The van der Waals surface area contributed by atoms with Crippen molar-refractivity contribution >= 4 is 6.21 Å². The van der Waals surface area contributed by atoms with Crippen LogP contribution in [0.25, 0.3) is 0 Å². The minimum Gasteiger partial charge on any atom is -0.391 e. The highest BCUT2D eigenvalue weighted by Crippen LogP contribution is 2.02. The minimum absolute atomic E-state index is 0.483. The molecule has 0 atom stereocenters. The van der Waals surface area contributed by atoms with Gasteiger partial charge in [-0.2, -0.15) is 0 Å². The second kappa shape index (κ2) is 4.13. The molecule has 0 aliphatic heterocycles. The maximum Gasteiger partial charge on any atom is 0.0195 e. The van der Waals surface area contributed by atoms with E-state index in [1.165, 1.54) is 6.21 Å². The second-order valence-electron chi connectivity index (χ2n) is 2.19. The Morgan fingerprint density at radius 3 is 2.22 bits per heavy atom. The summed E-state index contributed by atoms with van der Waals surface area (Å²) in [6.45, 7) is 4.18. The fourth-order valence-corrected chi connectivity index (χ4v) is 0.654. The second-order valence-corrected chi connectivity index (χ2v) is 2.19. The van der Waals surface area contributed by atoms with Crippen molar-refractivity contribution < 1.29 is 0 Å². The van der Waals surface area contributed by atoms with E-state index in [4.69, 9.17) is 5.41 Å². The van der Waals surface area contributed by atoms with E-state index in [1.807, 2.05) is 7.05 Å². The van der Waals surface area contributed by atoms with Crippen LogP contribution in [-0.4, -0.2) is 13.3 Å². The maximum atomic E-state index is 6.79. The van der Waals surface area contributed by atoms with Crippen molar-refractivity contribution in [2.45, 2.75) is 13.8 Å². The molecule has 0 aromatic heterocycles. The lowest BCUT2D eigenvalue weighted by Crippen LogP contribution is -2.11. The standard InChI is InChI=1S/C7H14N2/c1-6(2)7(9-3)4-5-8/h4-6,8-9H,1-3H3/b7-4-,8-5?. The minimum atomic E-state index is 0.483. The molecule has 52 valence electrons. The molecule has 0 fully saturated rings. The molecule has 0 bridgehead atoms. The van der Waals surface area contributed by atoms with E-state index in [0.29, 0.717) is 5.92 Å². The van der Waals surface area contributed by atoms with Crippen molar-refractivity contribution in [1.82, 2.24) is 5.32 Å². The summed E-state index contributed by atoms with van der Waals surface area (Å²) in [6, 6.07) is 0. The van der Waals surface area contributed by atoms with E-state index in [0.717, 1.165) is 5.70 Å². The highest BCUT2D eigenvalue weighted by atomic mass is 14.8. The van der Waals surface area contributed by atoms with Crippen molar-refractivity contribution in [3.63, 3.8) is 0 Å². The monoisotopic (exact) mass is 126 g/mol. The first-order chi connectivity index (χ1) is 4.22. The van der Waals surface area contributed by atoms with Gasteiger partial charge in [-0.1, -0.05) is 13.8 Å². The quantitative estimate of drug-likeness (QED) is 0.551. The Balaban J connectivity index is 3.96. The molecule has 0 rings (SSSR count). The van der Waals surface area contributed by atoms with Crippen molar-refractivity contribution in [2.75, 3.05) is 7.05 Å². The molecule has 0 aliphatic carbocycles. The highest BCUT2D eigenvalue weighted by molar-refractivity contribution is 5.68. The van der Waals surface area contributed by atoms with E-state index in [2.05, 4.69) is 19.2 Å². The van der Waals surface area contributed by atoms with Gasteiger partial charge in [0.2, 0.25) is 0 Å². The number of hydrogen-bond acceptors (Lipinski definition) is 2. The van der Waals surface area contributed by atoms with Crippen LogP contribution in [0.4, 0.5) is 0 Å². The third-order valence-corrected chi connectivity index (χ3v) is 1.17. The molecule has 0 aliphatic rings. The summed E-state index contributed by atoms with van der Waals surface area (Å²) >= 11 is 0. The smallest absolute Gasteiger partial charge is 0.0195 e. The zero-order valence-electron chi connectivity index (χ0n) is 6.23. The molecule has 0 saturated heterocycles. The Morgan fingerprint density at radius 1 is 1.56 bits per heavy atom. The first-order valence-electron chi connectivity index (χ1n) is 3.10. The van der Waals surface area contributed by atoms with Crippen LogP contribution in [0.5, 0.6) is 0 Å². The predicted molar refractivity (Wildman–Crippen MR) is 40.8 cm³/mol. The molecule has 0 heterocycles. The lowest BCUT2D eigenvalue weighted by atomic mass is 10.1. The van der Waals surface area contributed by atoms with Crippen LogP contribution in [0.2, 0.25) is 0 Å². The summed E-state index contributed by atoms with van der Waals surface area (Å²) in [7, 11) is 1.87. The Kier molecular flexibility index (Phi) is 3.76. The third-order valence-electron chi connectivity index (χ3n) is 1.17. The molecule has 2 nitrogen and oxygen atoms in total. The number of allylic oxidation sites excluding steroid dienone is 2. The van der Waals surface area contributed by atoms with E-state index in [9.17, 15) is 0 Å². The van der Waals surface area contributed by atoms with Crippen molar-refractivity contribution in [2.24, 2.45) is 5.92 Å². The van der Waals surface area contributed by atoms with Crippen molar-refractivity contribution in [3.8, 4) is 0 Å². The van der Waals surface area contributed by atoms with Gasteiger partial charge in [0, 0.05) is 19.0 Å². The van der Waals surface area contributed by atoms with Gasteiger partial charge in [0.15, 0.2) is 0 Å². The fourth-order valence-electron chi connectivity index (χ4n) is 0.654. The van der Waals surface area contributed by atoms with Gasteiger partial charge >= 0.3 is 0 Å². The summed E-state index contributed by atoms with van der Waals surface area (Å²) in [6.07, 6.45) is 3.07. The zero-order chi connectivity index (χ0) is 7.28. The van der Waals surface area contributed by atoms with Crippen LogP contribution in [0, 0.1) is 11.3 Å². The van der Waals surface area contributed by atoms with E-state index >= 15 is 0 Å². The average Bonchev–Trinajstić information content (AvgIpc) is 1.82. The topological polar surface area (TPSA) is 35.9 Å². The molecule has 0 unspecified atom stereocenters. The van der Waals surface area contributed by atoms with Crippen LogP contribution in [0.15, 0.2) is 11.8 Å². The molecule has 0 amide bonds. The maximum absolute atomic E-state index is 6.79. The molecule has 0 saturated carbocycles. The molecule has 9 heavy (non-hydrogen) atoms. The zero-order valence-corrected chi connectivity index (χ0v) is 6.23. The first kappa shape index (κ1) is 8.21. The number of hydrogen-bond donors (Lipinski definition) is 2. The molecular weight excluding hydrogens is 112 g/mol. The lowest BCUT2D eigenvalue weighted by molar-refractivity contribution is 0.701. The third kappa shape index (κ3) is 2.90. The summed E-state index contributed by atoms with van der Waals surface area (Å²) in [4.78, 5) is 0. The van der Waals surface area contributed by atoms with Crippen LogP contribution in [0.3, 0.4) is 0 Å². The van der Waals surface area contributed by atoms with Gasteiger partial charge in [-0.3, -0.25) is 0 Å².